The number of hydrogen-bond acceptors (Lipinski definition) is 4. The standard InChI is InChI=1S/C14H17FN4/c1-4-19(12-7-5-6-11(15)8-12)14-10(2)13(16-3)17-9-18-14/h5-9H,4H2,1-3H3,(H,16,17,18). The molecule has 0 bridgehead atoms. The number of anilines is 3. The Morgan fingerprint density at radius 2 is 2.11 bits per heavy atom. The van der Waals surface area contributed by atoms with E-state index in [9.17, 15) is 4.39 Å². The zero-order valence-electron chi connectivity index (χ0n) is 11.3. The molecule has 1 aromatic carbocycles. The SMILES string of the molecule is CCN(c1cccc(F)c1)c1ncnc(NC)c1C. The van der Waals surface area contributed by atoms with Gasteiger partial charge in [0.05, 0.1) is 0 Å². The van der Waals surface area contributed by atoms with Crippen molar-refractivity contribution in [1.29, 1.82) is 0 Å². The van der Waals surface area contributed by atoms with Gasteiger partial charge in [-0.1, -0.05) is 6.07 Å². The second kappa shape index (κ2) is 5.65. The molecule has 0 atom stereocenters. The summed E-state index contributed by atoms with van der Waals surface area (Å²) in [5, 5.41) is 3.03. The van der Waals surface area contributed by atoms with Gasteiger partial charge in [0.15, 0.2) is 0 Å². The lowest BCUT2D eigenvalue weighted by Crippen LogP contribution is -2.19. The minimum Gasteiger partial charge on any atom is -0.373 e. The number of rotatable bonds is 4. The molecular weight excluding hydrogens is 243 g/mol. The summed E-state index contributed by atoms with van der Waals surface area (Å²) >= 11 is 0. The molecule has 2 rings (SSSR count). The van der Waals surface area contributed by atoms with Gasteiger partial charge in [-0.2, -0.15) is 0 Å². The first-order valence-electron chi connectivity index (χ1n) is 6.19. The molecule has 0 fully saturated rings. The van der Waals surface area contributed by atoms with E-state index in [1.807, 2.05) is 31.9 Å². The Morgan fingerprint density at radius 3 is 2.74 bits per heavy atom. The van der Waals surface area contributed by atoms with Gasteiger partial charge in [-0.3, -0.25) is 0 Å². The molecule has 1 heterocycles. The number of halogens is 1. The molecule has 1 aromatic heterocycles. The first-order valence-corrected chi connectivity index (χ1v) is 6.19. The van der Waals surface area contributed by atoms with Crippen LogP contribution in [-0.4, -0.2) is 23.6 Å². The van der Waals surface area contributed by atoms with Gasteiger partial charge in [-0.15, -0.1) is 0 Å². The van der Waals surface area contributed by atoms with Crippen LogP contribution >= 0.6 is 0 Å². The zero-order chi connectivity index (χ0) is 13.8. The molecule has 0 aliphatic rings. The van der Waals surface area contributed by atoms with E-state index in [0.29, 0.717) is 6.54 Å². The van der Waals surface area contributed by atoms with Gasteiger partial charge in [0.2, 0.25) is 0 Å². The summed E-state index contributed by atoms with van der Waals surface area (Å²) in [6.45, 7) is 4.65. The van der Waals surface area contributed by atoms with Crippen LogP contribution in [0.15, 0.2) is 30.6 Å². The van der Waals surface area contributed by atoms with E-state index in [1.54, 1.807) is 6.07 Å². The number of aromatic nitrogens is 2. The van der Waals surface area contributed by atoms with Crippen molar-refractivity contribution in [2.75, 3.05) is 23.8 Å². The molecule has 2 aromatic rings. The Hall–Kier alpha value is -2.17. The van der Waals surface area contributed by atoms with E-state index >= 15 is 0 Å². The minimum absolute atomic E-state index is 0.253. The van der Waals surface area contributed by atoms with Crippen LogP contribution in [-0.2, 0) is 0 Å². The molecule has 100 valence electrons. The number of hydrogen-bond donors (Lipinski definition) is 1. The van der Waals surface area contributed by atoms with Crippen LogP contribution in [0.3, 0.4) is 0 Å². The predicted octanol–water partition coefficient (Wildman–Crippen LogP) is 3.12. The second-order valence-corrected chi connectivity index (χ2v) is 4.15. The third-order valence-electron chi connectivity index (χ3n) is 2.99. The summed E-state index contributed by atoms with van der Waals surface area (Å²) < 4.78 is 13.4. The minimum atomic E-state index is -0.253. The van der Waals surface area contributed by atoms with Gasteiger partial charge in [0.25, 0.3) is 0 Å². The maximum absolute atomic E-state index is 13.4. The fourth-order valence-corrected chi connectivity index (χ4v) is 2.06. The van der Waals surface area contributed by atoms with Crippen LogP contribution in [0.5, 0.6) is 0 Å². The van der Waals surface area contributed by atoms with E-state index in [-0.39, 0.29) is 5.82 Å². The Labute approximate surface area is 112 Å². The van der Waals surface area contributed by atoms with Crippen molar-refractivity contribution in [3.63, 3.8) is 0 Å². The van der Waals surface area contributed by atoms with E-state index in [1.165, 1.54) is 18.5 Å². The Kier molecular flexibility index (Phi) is 3.94. The lowest BCUT2D eigenvalue weighted by Gasteiger charge is -2.24. The van der Waals surface area contributed by atoms with Gasteiger partial charge in [-0.05, 0) is 32.0 Å². The van der Waals surface area contributed by atoms with Gasteiger partial charge in [0.1, 0.15) is 23.8 Å². The first kappa shape index (κ1) is 13.3. The molecule has 19 heavy (non-hydrogen) atoms. The average molecular weight is 260 g/mol. The van der Waals surface area contributed by atoms with Crippen molar-refractivity contribution in [3.05, 3.63) is 42.0 Å². The van der Waals surface area contributed by atoms with E-state index < -0.39 is 0 Å². The molecule has 4 nitrogen and oxygen atoms in total. The molecule has 0 aliphatic carbocycles. The fourth-order valence-electron chi connectivity index (χ4n) is 2.06. The van der Waals surface area contributed by atoms with Crippen molar-refractivity contribution < 1.29 is 4.39 Å². The molecule has 0 amide bonds. The molecule has 0 spiro atoms. The number of benzene rings is 1. The van der Waals surface area contributed by atoms with Gasteiger partial charge >= 0.3 is 0 Å². The number of nitrogens with one attached hydrogen (secondary N) is 1. The lowest BCUT2D eigenvalue weighted by molar-refractivity contribution is 0.627. The molecule has 0 unspecified atom stereocenters. The normalized spacial score (nSPS) is 10.3. The van der Waals surface area contributed by atoms with Crippen LogP contribution in [0.25, 0.3) is 0 Å². The van der Waals surface area contributed by atoms with E-state index in [4.69, 9.17) is 0 Å². The summed E-state index contributed by atoms with van der Waals surface area (Å²) in [5.74, 6) is 1.31. The Balaban J connectivity index is 2.48. The smallest absolute Gasteiger partial charge is 0.141 e. The molecule has 0 aliphatic heterocycles. The maximum Gasteiger partial charge on any atom is 0.141 e. The second-order valence-electron chi connectivity index (χ2n) is 4.15. The van der Waals surface area contributed by atoms with Crippen molar-refractivity contribution >= 4 is 17.3 Å². The van der Waals surface area contributed by atoms with Crippen LogP contribution in [0, 0.1) is 12.7 Å². The summed E-state index contributed by atoms with van der Waals surface area (Å²) in [6.07, 6.45) is 1.51. The van der Waals surface area contributed by atoms with Crippen molar-refractivity contribution in [2.24, 2.45) is 0 Å². The van der Waals surface area contributed by atoms with Crippen molar-refractivity contribution in [1.82, 2.24) is 9.97 Å². The molecule has 0 saturated carbocycles. The molecular formula is C14H17FN4. The molecule has 0 saturated heterocycles. The largest absolute Gasteiger partial charge is 0.373 e. The Morgan fingerprint density at radius 1 is 1.32 bits per heavy atom. The monoisotopic (exact) mass is 260 g/mol. The maximum atomic E-state index is 13.4. The van der Waals surface area contributed by atoms with E-state index in [2.05, 4.69) is 15.3 Å². The topological polar surface area (TPSA) is 41.1 Å². The third kappa shape index (κ3) is 2.65. The van der Waals surface area contributed by atoms with Crippen LogP contribution in [0.2, 0.25) is 0 Å². The molecule has 1 N–H and O–H groups in total. The van der Waals surface area contributed by atoms with Gasteiger partial charge < -0.3 is 10.2 Å². The van der Waals surface area contributed by atoms with Crippen molar-refractivity contribution in [3.8, 4) is 0 Å². The summed E-state index contributed by atoms with van der Waals surface area (Å²) in [4.78, 5) is 10.4. The third-order valence-corrected chi connectivity index (χ3v) is 2.99. The van der Waals surface area contributed by atoms with E-state index in [0.717, 1.165) is 22.9 Å². The summed E-state index contributed by atoms with van der Waals surface area (Å²) in [6, 6.07) is 6.50. The summed E-state index contributed by atoms with van der Waals surface area (Å²) in [5.41, 5.74) is 1.72. The average Bonchev–Trinajstić information content (AvgIpc) is 2.41. The predicted molar refractivity (Wildman–Crippen MR) is 75.4 cm³/mol. The van der Waals surface area contributed by atoms with Gasteiger partial charge in [-0.25, -0.2) is 14.4 Å². The molecule has 0 radical (unpaired) electrons. The van der Waals surface area contributed by atoms with Crippen LogP contribution in [0.4, 0.5) is 21.7 Å². The van der Waals surface area contributed by atoms with Crippen LogP contribution < -0.4 is 10.2 Å². The summed E-state index contributed by atoms with van der Waals surface area (Å²) in [7, 11) is 1.82. The lowest BCUT2D eigenvalue weighted by atomic mass is 10.2. The van der Waals surface area contributed by atoms with Gasteiger partial charge in [0, 0.05) is 24.8 Å². The quantitative estimate of drug-likeness (QED) is 0.917. The fraction of sp³-hybridized carbons (Fsp3) is 0.286. The highest BCUT2D eigenvalue weighted by molar-refractivity contribution is 5.66. The van der Waals surface area contributed by atoms with Crippen LogP contribution in [0.1, 0.15) is 12.5 Å². The van der Waals surface area contributed by atoms with Crippen molar-refractivity contribution in [2.45, 2.75) is 13.8 Å². The highest BCUT2D eigenvalue weighted by atomic mass is 19.1. The Bertz CT molecular complexity index is 571. The first-order chi connectivity index (χ1) is 9.17. The highest BCUT2D eigenvalue weighted by Gasteiger charge is 2.14. The highest BCUT2D eigenvalue weighted by Crippen LogP contribution is 2.28. The zero-order valence-corrected chi connectivity index (χ0v) is 11.3. The number of nitrogens with zero attached hydrogens (tertiary/aromatic N) is 3. The molecule has 5 heteroatoms.